The van der Waals surface area contributed by atoms with Crippen LogP contribution in [0.2, 0.25) is 0 Å². The Morgan fingerprint density at radius 3 is 2.53 bits per heavy atom. The molecular weight excluding hydrogens is 432 g/mol. The van der Waals surface area contributed by atoms with Crippen LogP contribution in [0.15, 0.2) is 54.6 Å². The van der Waals surface area contributed by atoms with Crippen LogP contribution < -0.4 is 14.4 Å². The van der Waals surface area contributed by atoms with Crippen LogP contribution in [0.4, 0.5) is 15.3 Å². The van der Waals surface area contributed by atoms with Crippen molar-refractivity contribution in [2.24, 2.45) is 0 Å². The number of anilines is 1. The number of rotatable bonds is 4. The van der Waals surface area contributed by atoms with Crippen molar-refractivity contribution < 1.29 is 32.3 Å². The van der Waals surface area contributed by atoms with Crippen LogP contribution in [-0.4, -0.2) is 42.8 Å². The van der Waals surface area contributed by atoms with E-state index in [1.807, 2.05) is 0 Å². The Kier molecular flexibility index (Phi) is 5.39. The molecule has 2 amide bonds. The molecule has 30 heavy (non-hydrogen) atoms. The van der Waals surface area contributed by atoms with Gasteiger partial charge in [0.05, 0.1) is 12.2 Å². The van der Waals surface area contributed by atoms with Crippen molar-refractivity contribution in [3.63, 3.8) is 0 Å². The first kappa shape index (κ1) is 20.2. The van der Waals surface area contributed by atoms with Crippen molar-refractivity contribution in [2.45, 2.75) is 18.0 Å². The minimum absolute atomic E-state index is 0.153. The number of carbonyl (C=O) groups is 3. The second kappa shape index (κ2) is 8.00. The quantitative estimate of drug-likeness (QED) is 0.708. The van der Waals surface area contributed by atoms with Gasteiger partial charge in [0, 0.05) is 0 Å². The number of hydrogen-bond acceptors (Lipinski definition) is 8. The van der Waals surface area contributed by atoms with Gasteiger partial charge in [0.25, 0.3) is 5.24 Å². The minimum atomic E-state index is -4.57. The second-order valence-corrected chi connectivity index (χ2v) is 9.34. The topological polar surface area (TPSA) is 119 Å². The lowest BCUT2D eigenvalue weighted by atomic mass is 10.1. The number of carbonyl (C=O) groups excluding carboxylic acids is 3. The molecule has 2 aromatic rings. The molecule has 2 aromatic carbocycles. The van der Waals surface area contributed by atoms with Gasteiger partial charge in [-0.25, -0.2) is 4.79 Å². The van der Waals surface area contributed by atoms with E-state index in [1.54, 1.807) is 42.5 Å². The molecular formula is C19H16N2O7S2. The molecule has 0 aromatic heterocycles. The first-order chi connectivity index (χ1) is 14.4. The van der Waals surface area contributed by atoms with Crippen molar-refractivity contribution >= 4 is 43.9 Å². The van der Waals surface area contributed by atoms with E-state index in [0.717, 1.165) is 16.1 Å². The summed E-state index contributed by atoms with van der Waals surface area (Å²) in [4.78, 5) is 36.0. The lowest BCUT2D eigenvalue weighted by Crippen LogP contribution is -2.51. The van der Waals surface area contributed by atoms with Crippen LogP contribution in [0.1, 0.15) is 5.56 Å². The van der Waals surface area contributed by atoms with E-state index in [9.17, 15) is 22.8 Å². The zero-order chi connectivity index (χ0) is 21.3. The molecule has 1 N–H and O–H groups in total. The van der Waals surface area contributed by atoms with E-state index in [2.05, 4.69) is 5.32 Å². The average molecular weight is 448 g/mol. The summed E-state index contributed by atoms with van der Waals surface area (Å²) in [5.74, 6) is -0.390. The van der Waals surface area contributed by atoms with Crippen LogP contribution in [0.3, 0.4) is 0 Å². The number of sulfonamides is 1. The summed E-state index contributed by atoms with van der Waals surface area (Å²) in [6.07, 6.45) is -0.965. The number of fused-ring (bicyclic) bond motifs is 1. The number of imide groups is 1. The highest BCUT2D eigenvalue weighted by atomic mass is 32.2. The molecule has 2 aliphatic heterocycles. The Morgan fingerprint density at radius 1 is 1.13 bits per heavy atom. The van der Waals surface area contributed by atoms with Gasteiger partial charge in [-0.15, -0.1) is 0 Å². The van der Waals surface area contributed by atoms with Gasteiger partial charge in [-0.3, -0.25) is 19.2 Å². The van der Waals surface area contributed by atoms with Gasteiger partial charge in [-0.2, -0.15) is 8.42 Å². The number of benzene rings is 2. The molecule has 156 valence electrons. The molecule has 0 radical (unpaired) electrons. The Hall–Kier alpha value is -3.05. The summed E-state index contributed by atoms with van der Waals surface area (Å²) in [6, 6.07) is 14.9. The third kappa shape index (κ3) is 3.85. The van der Waals surface area contributed by atoms with E-state index < -0.39 is 37.8 Å². The van der Waals surface area contributed by atoms with Crippen molar-refractivity contribution in [1.82, 2.24) is 5.32 Å². The molecule has 1 unspecified atom stereocenters. The number of amides is 2. The first-order valence-corrected chi connectivity index (χ1v) is 11.2. The van der Waals surface area contributed by atoms with E-state index in [1.165, 1.54) is 12.1 Å². The molecule has 0 saturated carbocycles. The number of hydrogen-bond donors (Lipinski definition) is 1. The molecule has 1 saturated heterocycles. The van der Waals surface area contributed by atoms with Gasteiger partial charge in [-0.1, -0.05) is 42.5 Å². The van der Waals surface area contributed by atoms with Gasteiger partial charge < -0.3 is 9.47 Å². The van der Waals surface area contributed by atoms with E-state index in [4.69, 9.17) is 9.47 Å². The van der Waals surface area contributed by atoms with E-state index in [0.29, 0.717) is 5.56 Å². The predicted octanol–water partition coefficient (Wildman–Crippen LogP) is 2.27. The highest BCUT2D eigenvalue weighted by Gasteiger charge is 2.46. The third-order valence-electron chi connectivity index (χ3n) is 4.51. The van der Waals surface area contributed by atoms with Crippen molar-refractivity contribution in [1.29, 1.82) is 0 Å². The molecule has 4 rings (SSSR count). The Balaban J connectivity index is 1.59. The fraction of sp³-hybridized carbons (Fsp3) is 0.211. The number of thioether (sulfide) groups is 1. The maximum Gasteiger partial charge on any atom is 0.445 e. The molecule has 1 fully saturated rings. The lowest BCUT2D eigenvalue weighted by Gasteiger charge is -2.35. The Bertz CT molecular complexity index is 1100. The van der Waals surface area contributed by atoms with Gasteiger partial charge in [-0.05, 0) is 29.5 Å². The largest absolute Gasteiger partial charge is 0.485 e. The van der Waals surface area contributed by atoms with E-state index >= 15 is 0 Å². The number of para-hydroxylation sites is 2. The summed E-state index contributed by atoms with van der Waals surface area (Å²) in [6.45, 7) is -0.526. The van der Waals surface area contributed by atoms with E-state index in [-0.39, 0.29) is 24.6 Å². The Morgan fingerprint density at radius 2 is 1.83 bits per heavy atom. The molecule has 9 nitrogen and oxygen atoms in total. The van der Waals surface area contributed by atoms with Crippen molar-refractivity contribution in [3.8, 4) is 5.75 Å². The number of nitrogens with zero attached hydrogens (tertiary/aromatic N) is 1. The molecule has 0 bridgehead atoms. The summed E-state index contributed by atoms with van der Waals surface area (Å²) < 4.78 is 37.6. The van der Waals surface area contributed by atoms with Gasteiger partial charge in [0.2, 0.25) is 5.91 Å². The lowest BCUT2D eigenvalue weighted by molar-refractivity contribution is -0.120. The summed E-state index contributed by atoms with van der Waals surface area (Å²) in [7, 11) is -4.57. The van der Waals surface area contributed by atoms with Crippen LogP contribution in [0.25, 0.3) is 0 Å². The van der Waals surface area contributed by atoms with Gasteiger partial charge in [0.1, 0.15) is 23.7 Å². The average Bonchev–Trinajstić information content (AvgIpc) is 3.09. The molecule has 2 heterocycles. The van der Waals surface area contributed by atoms with Crippen LogP contribution in [-0.2, 0) is 26.2 Å². The zero-order valence-electron chi connectivity index (χ0n) is 15.4. The summed E-state index contributed by atoms with van der Waals surface area (Å²) >= 11 is 0.721. The van der Waals surface area contributed by atoms with Gasteiger partial charge in [0.15, 0.2) is 0 Å². The molecule has 0 aliphatic carbocycles. The maximum atomic E-state index is 13.0. The summed E-state index contributed by atoms with van der Waals surface area (Å²) in [5.41, 5.74) is 0.791. The monoisotopic (exact) mass is 448 g/mol. The molecule has 2 atom stereocenters. The zero-order valence-corrected chi connectivity index (χ0v) is 17.0. The van der Waals surface area contributed by atoms with Crippen molar-refractivity contribution in [3.05, 3.63) is 60.2 Å². The number of ether oxygens (including phenoxy) is 2. The highest BCUT2D eigenvalue weighted by molar-refractivity contribution is 8.15. The maximum absolute atomic E-state index is 13.0. The normalized spacial score (nSPS) is 20.9. The fourth-order valence-corrected chi connectivity index (χ4v) is 5.10. The van der Waals surface area contributed by atoms with Crippen molar-refractivity contribution in [2.75, 3.05) is 10.8 Å². The minimum Gasteiger partial charge on any atom is -0.485 e. The Labute approximate surface area is 176 Å². The predicted molar refractivity (Wildman–Crippen MR) is 109 cm³/mol. The smallest absolute Gasteiger partial charge is 0.445 e. The molecule has 2 aliphatic rings. The standard InChI is InChI=1S/C19H16N2O7S2/c22-17-16(29-18(23)20-17)15-10-21(13-8-4-5-9-14(13)28-15)30(25,26)19(24)27-11-12-6-2-1-3-7-12/h1-9,15-16H,10-11H2,(H,20,22,23)/t15-,16?/m1/s1. The summed E-state index contributed by atoms with van der Waals surface area (Å²) in [5, 5.41) is -0.746. The first-order valence-electron chi connectivity index (χ1n) is 8.87. The highest BCUT2D eigenvalue weighted by Crippen LogP contribution is 2.38. The van der Waals surface area contributed by atoms with Crippen LogP contribution in [0, 0.1) is 0 Å². The SMILES string of the molecule is O=C1NC(=O)C([C@H]2CN(S(=O)(=O)C(=O)OCc3ccccc3)c3ccccc3O2)S1. The molecule has 0 spiro atoms. The third-order valence-corrected chi connectivity index (χ3v) is 7.07. The van der Waals surface area contributed by atoms with Crippen LogP contribution >= 0.6 is 11.8 Å². The van der Waals surface area contributed by atoms with Gasteiger partial charge >= 0.3 is 15.3 Å². The molecule has 11 heteroatoms. The fourth-order valence-electron chi connectivity index (χ4n) is 3.11. The second-order valence-electron chi connectivity index (χ2n) is 6.50. The van der Waals surface area contributed by atoms with Crippen LogP contribution in [0.5, 0.6) is 5.75 Å². The number of nitrogens with one attached hydrogen (secondary N) is 1.